The zero-order chi connectivity index (χ0) is 12.3. The molecule has 0 heterocycles. The second kappa shape index (κ2) is 5.04. The molecule has 1 rings (SSSR count). The van der Waals surface area contributed by atoms with Crippen LogP contribution in [0.1, 0.15) is 40.0 Å². The van der Waals surface area contributed by atoms with E-state index in [1.165, 1.54) is 12.8 Å². The lowest BCUT2D eigenvalue weighted by Gasteiger charge is -2.28. The smallest absolute Gasteiger partial charge is 0.317 e. The van der Waals surface area contributed by atoms with Crippen LogP contribution < -0.4 is 5.32 Å². The van der Waals surface area contributed by atoms with E-state index >= 15 is 0 Å². The van der Waals surface area contributed by atoms with Crippen molar-refractivity contribution in [3.8, 4) is 0 Å². The summed E-state index contributed by atoms with van der Waals surface area (Å²) in [6, 6.07) is 0.220. The minimum Gasteiger partial charge on any atom is -0.389 e. The van der Waals surface area contributed by atoms with Crippen LogP contribution in [0.5, 0.6) is 0 Å². The van der Waals surface area contributed by atoms with Crippen molar-refractivity contribution in [3.63, 3.8) is 0 Å². The average Bonchev–Trinajstić information content (AvgIpc) is 2.49. The zero-order valence-corrected chi connectivity index (χ0v) is 10.8. The number of rotatable bonds is 3. The van der Waals surface area contributed by atoms with Crippen LogP contribution in [-0.4, -0.2) is 41.3 Å². The third-order valence-electron chi connectivity index (χ3n) is 3.14. The van der Waals surface area contributed by atoms with Crippen LogP contribution in [0.25, 0.3) is 0 Å². The molecule has 2 amide bonds. The summed E-state index contributed by atoms with van der Waals surface area (Å²) in [6.07, 6.45) is 3.46. The molecular weight excluding hydrogens is 204 g/mol. The molecule has 16 heavy (non-hydrogen) atoms. The van der Waals surface area contributed by atoms with E-state index in [2.05, 4.69) is 12.2 Å². The summed E-state index contributed by atoms with van der Waals surface area (Å²) in [5.41, 5.74) is -0.840. The number of likely N-dealkylation sites (N-methyl/N-ethyl adjacent to an activating group) is 1. The summed E-state index contributed by atoms with van der Waals surface area (Å²) < 4.78 is 0. The van der Waals surface area contributed by atoms with Gasteiger partial charge in [0.15, 0.2) is 0 Å². The number of hydrogen-bond donors (Lipinski definition) is 2. The van der Waals surface area contributed by atoms with E-state index < -0.39 is 5.60 Å². The van der Waals surface area contributed by atoms with Crippen molar-refractivity contribution in [1.29, 1.82) is 0 Å². The monoisotopic (exact) mass is 228 g/mol. The summed E-state index contributed by atoms with van der Waals surface area (Å²) in [5, 5.41) is 12.7. The summed E-state index contributed by atoms with van der Waals surface area (Å²) in [5.74, 6) is 0.569. The van der Waals surface area contributed by atoms with Gasteiger partial charge in [0, 0.05) is 13.1 Å². The lowest BCUT2D eigenvalue weighted by atomic mass is 10.1. The normalized spacial score (nSPS) is 25.6. The Balaban J connectivity index is 2.39. The predicted molar refractivity (Wildman–Crippen MR) is 64.3 cm³/mol. The third-order valence-corrected chi connectivity index (χ3v) is 3.14. The summed E-state index contributed by atoms with van der Waals surface area (Å²) in [4.78, 5) is 13.4. The quantitative estimate of drug-likeness (QED) is 0.770. The molecule has 2 unspecified atom stereocenters. The molecule has 2 atom stereocenters. The van der Waals surface area contributed by atoms with Crippen molar-refractivity contribution in [2.45, 2.75) is 51.7 Å². The Hall–Kier alpha value is -0.770. The highest BCUT2D eigenvalue weighted by Crippen LogP contribution is 2.24. The van der Waals surface area contributed by atoms with Crippen LogP contribution in [0, 0.1) is 5.92 Å². The van der Waals surface area contributed by atoms with Crippen molar-refractivity contribution in [1.82, 2.24) is 10.2 Å². The van der Waals surface area contributed by atoms with Crippen LogP contribution in [0.2, 0.25) is 0 Å². The third kappa shape index (κ3) is 4.00. The number of carbonyl (C=O) groups is 1. The van der Waals surface area contributed by atoms with Crippen molar-refractivity contribution < 1.29 is 9.90 Å². The van der Waals surface area contributed by atoms with Crippen LogP contribution in [-0.2, 0) is 0 Å². The molecule has 4 heteroatoms. The maximum Gasteiger partial charge on any atom is 0.317 e. The van der Waals surface area contributed by atoms with E-state index in [0.29, 0.717) is 18.5 Å². The molecule has 0 aromatic heterocycles. The number of urea groups is 1. The molecule has 1 aliphatic carbocycles. The Morgan fingerprint density at radius 3 is 2.56 bits per heavy atom. The first kappa shape index (κ1) is 13.3. The first-order valence-electron chi connectivity index (χ1n) is 6.03. The molecule has 4 nitrogen and oxygen atoms in total. The van der Waals surface area contributed by atoms with Crippen LogP contribution in [0.3, 0.4) is 0 Å². The van der Waals surface area contributed by atoms with E-state index in [1.54, 1.807) is 25.8 Å². The number of nitrogens with zero attached hydrogens (tertiary/aromatic N) is 1. The fourth-order valence-corrected chi connectivity index (χ4v) is 2.28. The molecular formula is C12H24N2O2. The fraction of sp³-hybridized carbons (Fsp3) is 0.917. The highest BCUT2D eigenvalue weighted by atomic mass is 16.3. The number of amides is 2. The number of carbonyl (C=O) groups excluding carboxylic acids is 1. The summed E-state index contributed by atoms with van der Waals surface area (Å²) in [7, 11) is 1.72. The number of hydrogen-bond acceptors (Lipinski definition) is 2. The SMILES string of the molecule is CC1CCCC1NC(=O)N(C)CC(C)(C)O. The van der Waals surface area contributed by atoms with Crippen LogP contribution in [0.15, 0.2) is 0 Å². The zero-order valence-electron chi connectivity index (χ0n) is 10.8. The molecule has 0 saturated heterocycles. The minimum absolute atomic E-state index is 0.0825. The predicted octanol–water partition coefficient (Wildman–Crippen LogP) is 1.59. The van der Waals surface area contributed by atoms with E-state index in [0.717, 1.165) is 6.42 Å². The molecule has 0 bridgehead atoms. The first-order valence-corrected chi connectivity index (χ1v) is 6.03. The molecule has 0 radical (unpaired) electrons. The van der Waals surface area contributed by atoms with E-state index in [-0.39, 0.29) is 6.03 Å². The molecule has 0 spiro atoms. The van der Waals surface area contributed by atoms with Gasteiger partial charge < -0.3 is 15.3 Å². The van der Waals surface area contributed by atoms with Gasteiger partial charge in [-0.2, -0.15) is 0 Å². The van der Waals surface area contributed by atoms with Gasteiger partial charge in [-0.15, -0.1) is 0 Å². The minimum atomic E-state index is -0.840. The Morgan fingerprint density at radius 2 is 2.12 bits per heavy atom. The Labute approximate surface area is 98.0 Å². The molecule has 0 aromatic carbocycles. The van der Waals surface area contributed by atoms with Crippen LogP contribution in [0.4, 0.5) is 4.79 Å². The van der Waals surface area contributed by atoms with Gasteiger partial charge in [-0.25, -0.2) is 4.79 Å². The molecule has 0 aromatic rings. The van der Waals surface area contributed by atoms with Gasteiger partial charge >= 0.3 is 6.03 Å². The maximum atomic E-state index is 11.8. The molecule has 2 N–H and O–H groups in total. The highest BCUT2D eigenvalue weighted by Gasteiger charge is 2.27. The van der Waals surface area contributed by atoms with Gasteiger partial charge in [0.25, 0.3) is 0 Å². The number of aliphatic hydroxyl groups is 1. The van der Waals surface area contributed by atoms with E-state index in [4.69, 9.17) is 0 Å². The van der Waals surface area contributed by atoms with Gasteiger partial charge in [0.05, 0.1) is 12.1 Å². The topological polar surface area (TPSA) is 52.6 Å². The van der Waals surface area contributed by atoms with Crippen molar-refractivity contribution >= 4 is 6.03 Å². The average molecular weight is 228 g/mol. The largest absolute Gasteiger partial charge is 0.389 e. The molecule has 1 fully saturated rings. The van der Waals surface area contributed by atoms with Crippen molar-refractivity contribution in [2.24, 2.45) is 5.92 Å². The van der Waals surface area contributed by atoms with Gasteiger partial charge in [-0.3, -0.25) is 0 Å². The standard InChI is InChI=1S/C12H24N2O2/c1-9-6-5-7-10(9)13-11(15)14(4)8-12(2,3)16/h9-10,16H,5-8H2,1-4H3,(H,13,15). The summed E-state index contributed by atoms with van der Waals surface area (Å²) >= 11 is 0. The van der Waals surface area contributed by atoms with Crippen LogP contribution >= 0.6 is 0 Å². The van der Waals surface area contributed by atoms with Gasteiger partial charge in [0.1, 0.15) is 0 Å². The van der Waals surface area contributed by atoms with E-state index in [1.807, 2.05) is 0 Å². The Bertz CT molecular complexity index is 248. The Kier molecular flexibility index (Phi) is 4.19. The highest BCUT2D eigenvalue weighted by molar-refractivity contribution is 5.74. The number of nitrogens with one attached hydrogen (secondary N) is 1. The van der Waals surface area contributed by atoms with E-state index in [9.17, 15) is 9.90 Å². The van der Waals surface area contributed by atoms with Gasteiger partial charge in [-0.05, 0) is 32.6 Å². The molecule has 94 valence electrons. The van der Waals surface area contributed by atoms with Gasteiger partial charge in [-0.1, -0.05) is 13.3 Å². The molecule has 0 aliphatic heterocycles. The van der Waals surface area contributed by atoms with Crippen molar-refractivity contribution in [3.05, 3.63) is 0 Å². The lowest BCUT2D eigenvalue weighted by Crippen LogP contribution is -2.48. The summed E-state index contributed by atoms with van der Waals surface area (Å²) in [6.45, 7) is 5.93. The molecule has 1 aliphatic rings. The Morgan fingerprint density at radius 1 is 1.50 bits per heavy atom. The second-order valence-electron chi connectivity index (χ2n) is 5.63. The first-order chi connectivity index (χ1) is 7.29. The second-order valence-corrected chi connectivity index (χ2v) is 5.63. The fourth-order valence-electron chi connectivity index (χ4n) is 2.28. The maximum absolute atomic E-state index is 11.8. The van der Waals surface area contributed by atoms with Gasteiger partial charge in [0.2, 0.25) is 0 Å². The lowest BCUT2D eigenvalue weighted by molar-refractivity contribution is 0.0526. The molecule has 1 saturated carbocycles. The van der Waals surface area contributed by atoms with Crippen molar-refractivity contribution in [2.75, 3.05) is 13.6 Å².